The smallest absolute Gasteiger partial charge is 0.220 e. The van der Waals surface area contributed by atoms with Crippen LogP contribution in [0.4, 0.5) is 0 Å². The molecule has 1 aromatic carbocycles. The molecule has 0 saturated heterocycles. The molecule has 0 aliphatic heterocycles. The number of Topliss-reactive ketones (excluding diaryl/α,β-unsaturated/α-hetero) is 1. The number of aryl methyl sites for hydroxylation is 2. The molecule has 1 aromatic heterocycles. The number of aliphatic hydroxyl groups is 1. The van der Waals surface area contributed by atoms with Crippen molar-refractivity contribution in [3.8, 4) is 0 Å². The van der Waals surface area contributed by atoms with Crippen molar-refractivity contribution in [3.05, 3.63) is 57.3 Å². The largest absolute Gasteiger partial charge is 0.391 e. The lowest BCUT2D eigenvalue weighted by Crippen LogP contribution is -2.42. The number of hydrogen-bond donors (Lipinski definition) is 2. The molecule has 2 rings (SSSR count). The third kappa shape index (κ3) is 5.80. The molecule has 2 atom stereocenters. The minimum Gasteiger partial charge on any atom is -0.391 e. The normalized spacial score (nSPS) is 13.3. The Bertz CT molecular complexity index is 724. The fraction of sp³-hybridized carbons (Fsp3) is 0.400. The molecule has 1 amide bonds. The lowest BCUT2D eigenvalue weighted by Gasteiger charge is -2.20. The highest BCUT2D eigenvalue weighted by Crippen LogP contribution is 2.22. The van der Waals surface area contributed by atoms with Gasteiger partial charge in [-0.3, -0.25) is 9.59 Å². The highest BCUT2D eigenvalue weighted by molar-refractivity contribution is 7.12. The number of rotatable bonds is 8. The summed E-state index contributed by atoms with van der Waals surface area (Å²) in [6, 6.07) is 11.2. The van der Waals surface area contributed by atoms with E-state index < -0.39 is 6.10 Å². The molecule has 134 valence electrons. The van der Waals surface area contributed by atoms with E-state index in [2.05, 4.69) is 5.32 Å². The molecule has 25 heavy (non-hydrogen) atoms. The highest BCUT2D eigenvalue weighted by atomic mass is 32.1. The van der Waals surface area contributed by atoms with Crippen molar-refractivity contribution in [2.24, 2.45) is 0 Å². The Kier molecular flexibility index (Phi) is 6.91. The monoisotopic (exact) mass is 359 g/mol. The van der Waals surface area contributed by atoms with Gasteiger partial charge in [-0.15, -0.1) is 11.3 Å². The number of benzene rings is 1. The van der Waals surface area contributed by atoms with Crippen LogP contribution in [0.25, 0.3) is 0 Å². The van der Waals surface area contributed by atoms with Crippen LogP contribution in [0.1, 0.15) is 45.4 Å². The predicted octanol–water partition coefficient (Wildman–Crippen LogP) is 3.44. The summed E-state index contributed by atoms with van der Waals surface area (Å²) in [7, 11) is 0. The van der Waals surface area contributed by atoms with Gasteiger partial charge in [0.2, 0.25) is 5.91 Å². The molecule has 1 heterocycles. The van der Waals surface area contributed by atoms with E-state index in [-0.39, 0.29) is 30.6 Å². The summed E-state index contributed by atoms with van der Waals surface area (Å²) < 4.78 is 0. The molecular weight excluding hydrogens is 334 g/mol. The number of nitrogens with one attached hydrogen (secondary N) is 1. The fourth-order valence-electron chi connectivity index (χ4n) is 2.72. The Morgan fingerprint density at radius 1 is 1.16 bits per heavy atom. The lowest BCUT2D eigenvalue weighted by molar-refractivity contribution is -0.122. The van der Waals surface area contributed by atoms with Crippen molar-refractivity contribution in [3.63, 3.8) is 0 Å². The topological polar surface area (TPSA) is 66.4 Å². The minimum absolute atomic E-state index is 0.00510. The Labute approximate surface area is 152 Å². The Balaban J connectivity index is 1.79. The van der Waals surface area contributed by atoms with Crippen LogP contribution in [-0.2, 0) is 11.2 Å². The first-order valence-corrected chi connectivity index (χ1v) is 9.30. The first-order valence-electron chi connectivity index (χ1n) is 8.48. The van der Waals surface area contributed by atoms with Gasteiger partial charge in [-0.25, -0.2) is 0 Å². The molecule has 0 aliphatic carbocycles. The molecule has 4 nitrogen and oxygen atoms in total. The second-order valence-corrected chi connectivity index (χ2v) is 7.82. The maximum atomic E-state index is 12.2. The van der Waals surface area contributed by atoms with E-state index in [0.717, 1.165) is 15.3 Å². The van der Waals surface area contributed by atoms with Gasteiger partial charge in [0, 0.05) is 34.6 Å². The SMILES string of the molecule is Cc1cc(C(=O)CCC(=O)N[C@H](C)[C@H](O)Cc2ccccc2)c(C)s1. The van der Waals surface area contributed by atoms with Crippen molar-refractivity contribution < 1.29 is 14.7 Å². The van der Waals surface area contributed by atoms with Gasteiger partial charge < -0.3 is 10.4 Å². The Morgan fingerprint density at radius 2 is 1.84 bits per heavy atom. The number of amides is 1. The molecule has 5 heteroatoms. The van der Waals surface area contributed by atoms with Crippen molar-refractivity contribution in [2.45, 2.75) is 52.2 Å². The molecule has 0 unspecified atom stereocenters. The van der Waals surface area contributed by atoms with Crippen LogP contribution in [0.2, 0.25) is 0 Å². The molecule has 0 saturated carbocycles. The zero-order valence-corrected chi connectivity index (χ0v) is 15.7. The highest BCUT2D eigenvalue weighted by Gasteiger charge is 2.18. The molecule has 2 N–H and O–H groups in total. The number of thiophene rings is 1. The average molecular weight is 359 g/mol. The van der Waals surface area contributed by atoms with Crippen LogP contribution in [0, 0.1) is 13.8 Å². The van der Waals surface area contributed by atoms with Gasteiger partial charge in [0.25, 0.3) is 0 Å². The number of ketones is 1. The van der Waals surface area contributed by atoms with Gasteiger partial charge in [0.05, 0.1) is 12.1 Å². The molecule has 0 aliphatic rings. The summed E-state index contributed by atoms with van der Waals surface area (Å²) in [5.41, 5.74) is 1.74. The fourth-order valence-corrected chi connectivity index (χ4v) is 3.67. The van der Waals surface area contributed by atoms with Gasteiger partial charge in [0.1, 0.15) is 0 Å². The van der Waals surface area contributed by atoms with E-state index in [9.17, 15) is 14.7 Å². The zero-order chi connectivity index (χ0) is 18.4. The molecule has 0 radical (unpaired) electrons. The summed E-state index contributed by atoms with van der Waals surface area (Å²) in [6.45, 7) is 5.67. The third-order valence-electron chi connectivity index (χ3n) is 4.17. The standard InChI is InChI=1S/C20H25NO3S/c1-13-11-17(15(3)25-13)18(22)9-10-20(24)21-14(2)19(23)12-16-7-5-4-6-8-16/h4-8,11,14,19,23H,9-10,12H2,1-3H3,(H,21,24)/t14-,19-/m1/s1. The van der Waals surface area contributed by atoms with E-state index in [0.29, 0.717) is 12.0 Å². The number of carbonyl (C=O) groups excluding carboxylic acids is 2. The van der Waals surface area contributed by atoms with Crippen LogP contribution in [0.5, 0.6) is 0 Å². The van der Waals surface area contributed by atoms with E-state index in [1.54, 1.807) is 18.3 Å². The van der Waals surface area contributed by atoms with Crippen LogP contribution < -0.4 is 5.32 Å². The first-order chi connectivity index (χ1) is 11.9. The van der Waals surface area contributed by atoms with Crippen LogP contribution in [-0.4, -0.2) is 28.9 Å². The van der Waals surface area contributed by atoms with Crippen LogP contribution in [0.15, 0.2) is 36.4 Å². The maximum Gasteiger partial charge on any atom is 0.220 e. The average Bonchev–Trinajstić information content (AvgIpc) is 2.92. The first kappa shape index (κ1) is 19.3. The predicted molar refractivity (Wildman–Crippen MR) is 101 cm³/mol. The van der Waals surface area contributed by atoms with Crippen molar-refractivity contribution in [1.29, 1.82) is 0 Å². The van der Waals surface area contributed by atoms with Crippen molar-refractivity contribution in [2.75, 3.05) is 0 Å². The molecular formula is C20H25NO3S. The third-order valence-corrected chi connectivity index (χ3v) is 5.14. The van der Waals surface area contributed by atoms with Gasteiger partial charge in [-0.05, 0) is 32.4 Å². The second kappa shape index (κ2) is 8.92. The van der Waals surface area contributed by atoms with Gasteiger partial charge in [-0.1, -0.05) is 30.3 Å². The molecule has 2 aromatic rings. The van der Waals surface area contributed by atoms with Gasteiger partial charge in [-0.2, -0.15) is 0 Å². The summed E-state index contributed by atoms with van der Waals surface area (Å²) >= 11 is 1.59. The van der Waals surface area contributed by atoms with E-state index in [1.807, 2.05) is 50.2 Å². The number of aliphatic hydroxyl groups excluding tert-OH is 1. The van der Waals surface area contributed by atoms with Crippen LogP contribution in [0.3, 0.4) is 0 Å². The van der Waals surface area contributed by atoms with Gasteiger partial charge in [0.15, 0.2) is 5.78 Å². The lowest BCUT2D eigenvalue weighted by atomic mass is 10.0. The molecule has 0 spiro atoms. The summed E-state index contributed by atoms with van der Waals surface area (Å²) in [6.07, 6.45) is 0.137. The quantitative estimate of drug-likeness (QED) is 0.710. The molecule has 0 bridgehead atoms. The zero-order valence-electron chi connectivity index (χ0n) is 14.9. The second-order valence-electron chi connectivity index (χ2n) is 6.36. The Hall–Kier alpha value is -1.98. The summed E-state index contributed by atoms with van der Waals surface area (Å²) in [4.78, 5) is 26.4. The summed E-state index contributed by atoms with van der Waals surface area (Å²) in [5, 5.41) is 13.0. The Morgan fingerprint density at radius 3 is 2.44 bits per heavy atom. The minimum atomic E-state index is -0.663. The number of carbonyl (C=O) groups is 2. The van der Waals surface area contributed by atoms with Gasteiger partial charge >= 0.3 is 0 Å². The van der Waals surface area contributed by atoms with E-state index >= 15 is 0 Å². The van der Waals surface area contributed by atoms with E-state index in [4.69, 9.17) is 0 Å². The van der Waals surface area contributed by atoms with E-state index in [1.165, 1.54) is 0 Å². The van der Waals surface area contributed by atoms with Crippen molar-refractivity contribution in [1.82, 2.24) is 5.32 Å². The molecule has 0 fully saturated rings. The summed E-state index contributed by atoms with van der Waals surface area (Å²) in [5.74, 6) is -0.216. The maximum absolute atomic E-state index is 12.2. The number of hydrogen-bond acceptors (Lipinski definition) is 4. The van der Waals surface area contributed by atoms with Crippen molar-refractivity contribution >= 4 is 23.0 Å². The van der Waals surface area contributed by atoms with Crippen LogP contribution >= 0.6 is 11.3 Å².